The van der Waals surface area contributed by atoms with Crippen molar-refractivity contribution >= 4 is 107 Å². The van der Waals surface area contributed by atoms with Crippen LogP contribution in [0, 0.1) is 22.7 Å². The van der Waals surface area contributed by atoms with E-state index in [1.165, 1.54) is 30.9 Å². The minimum atomic E-state index is 0.436. The summed E-state index contributed by atoms with van der Waals surface area (Å²) in [5, 5.41) is 32.4. The Labute approximate surface area is 362 Å². The van der Waals surface area contributed by atoms with E-state index < -0.39 is 0 Å². The van der Waals surface area contributed by atoms with Crippen LogP contribution in [0.5, 0.6) is 0 Å². The van der Waals surface area contributed by atoms with Crippen LogP contribution in [-0.4, -0.2) is 4.57 Å². The predicted octanol–water partition coefficient (Wildman–Crippen LogP) is 16.2. The average molecular weight is 824 g/mol. The van der Waals surface area contributed by atoms with E-state index in [-0.39, 0.29) is 0 Å². The first-order valence-electron chi connectivity index (χ1n) is 20.5. The Balaban J connectivity index is 1.32. The molecule has 0 aliphatic carbocycles. The number of para-hydroxylation sites is 1. The van der Waals surface area contributed by atoms with Crippen LogP contribution in [-0.2, 0) is 0 Å². The molecular weight excluding hydrogens is 795 g/mol. The number of nitriles is 2. The summed E-state index contributed by atoms with van der Waals surface area (Å²) in [4.78, 5) is 0. The molecule has 0 unspecified atom stereocenters. The third-order valence-corrected chi connectivity index (χ3v) is 14.9. The van der Waals surface area contributed by atoms with Gasteiger partial charge in [-0.2, -0.15) is 10.5 Å². The van der Waals surface area contributed by atoms with Gasteiger partial charge in [-0.3, -0.25) is 0 Å². The van der Waals surface area contributed by atoms with E-state index >= 15 is 0 Å². The minimum Gasteiger partial charge on any atom is -0.456 e. The lowest BCUT2D eigenvalue weighted by Gasteiger charge is -2.24. The molecule has 0 amide bonds. The Morgan fingerprint density at radius 1 is 0.387 bits per heavy atom. The van der Waals surface area contributed by atoms with E-state index in [1.54, 1.807) is 22.7 Å². The molecule has 13 rings (SSSR count). The SMILES string of the molecule is N#Cc1c(-c2ccccc2)c(C#N)c(-n2c3c(ccc4c5ccccc5sc43)c3ccc4c5ccccc5sc4c32)c(-c2ccccc2)c1-c1ccc2c(c1)oc1ccccc12. The molecule has 0 bridgehead atoms. The van der Waals surface area contributed by atoms with Gasteiger partial charge in [0.25, 0.3) is 0 Å². The molecular formula is C56H29N3OS2. The van der Waals surface area contributed by atoms with E-state index in [1.807, 2.05) is 66.7 Å². The number of thiophene rings is 2. The van der Waals surface area contributed by atoms with Gasteiger partial charge in [0.1, 0.15) is 23.3 Å². The van der Waals surface area contributed by atoms with Crippen molar-refractivity contribution in [3.05, 3.63) is 187 Å². The smallest absolute Gasteiger partial charge is 0.136 e. The van der Waals surface area contributed by atoms with E-state index in [9.17, 15) is 10.5 Å². The van der Waals surface area contributed by atoms with Gasteiger partial charge in [0, 0.05) is 69.2 Å². The van der Waals surface area contributed by atoms with Crippen LogP contribution in [0.15, 0.2) is 180 Å². The number of rotatable bonds is 4. The number of hydrogen-bond acceptors (Lipinski definition) is 5. The molecule has 13 aromatic rings. The normalized spacial score (nSPS) is 11.8. The Morgan fingerprint density at radius 2 is 0.871 bits per heavy atom. The van der Waals surface area contributed by atoms with Gasteiger partial charge in [-0.05, 0) is 47.0 Å². The highest BCUT2D eigenvalue weighted by Gasteiger charge is 2.32. The van der Waals surface area contributed by atoms with E-state index in [2.05, 4.69) is 126 Å². The van der Waals surface area contributed by atoms with Gasteiger partial charge in [-0.25, -0.2) is 0 Å². The Morgan fingerprint density at radius 3 is 1.47 bits per heavy atom. The third kappa shape index (κ3) is 4.79. The Hall–Kier alpha value is -8.00. The van der Waals surface area contributed by atoms with Crippen LogP contribution >= 0.6 is 22.7 Å². The summed E-state index contributed by atoms with van der Waals surface area (Å²) in [6, 6.07) is 66.3. The highest BCUT2D eigenvalue weighted by Crippen LogP contribution is 2.53. The molecule has 0 aliphatic rings. The molecule has 0 radical (unpaired) electrons. The maximum atomic E-state index is 11.9. The van der Waals surface area contributed by atoms with Crippen molar-refractivity contribution in [3.8, 4) is 51.2 Å². The van der Waals surface area contributed by atoms with Crippen LogP contribution in [0.1, 0.15) is 11.1 Å². The maximum absolute atomic E-state index is 11.9. The molecule has 0 spiro atoms. The summed E-state index contributed by atoms with van der Waals surface area (Å²) < 4.78 is 13.6. The zero-order chi connectivity index (χ0) is 41.1. The van der Waals surface area contributed by atoms with Crippen LogP contribution in [0.3, 0.4) is 0 Å². The first-order chi connectivity index (χ1) is 30.7. The fourth-order valence-electron chi connectivity index (χ4n) is 9.89. The van der Waals surface area contributed by atoms with Crippen LogP contribution in [0.25, 0.3) is 123 Å². The van der Waals surface area contributed by atoms with Gasteiger partial charge in [-0.15, -0.1) is 22.7 Å². The molecule has 4 heterocycles. The lowest BCUT2D eigenvalue weighted by molar-refractivity contribution is 0.669. The zero-order valence-corrected chi connectivity index (χ0v) is 34.4. The van der Waals surface area contributed by atoms with Crippen molar-refractivity contribution in [2.75, 3.05) is 0 Å². The zero-order valence-electron chi connectivity index (χ0n) is 32.8. The molecule has 0 atom stereocenters. The fourth-order valence-corrected chi connectivity index (χ4v) is 12.4. The summed E-state index contributed by atoms with van der Waals surface area (Å²) in [5.74, 6) is 0. The second kappa shape index (κ2) is 13.3. The number of furan rings is 1. The highest BCUT2D eigenvalue weighted by molar-refractivity contribution is 7.27. The number of benzene rings is 9. The molecule has 0 aliphatic heterocycles. The highest BCUT2D eigenvalue weighted by atomic mass is 32.1. The van der Waals surface area contributed by atoms with Crippen molar-refractivity contribution in [1.29, 1.82) is 10.5 Å². The number of aromatic nitrogens is 1. The molecule has 9 aromatic carbocycles. The third-order valence-electron chi connectivity index (χ3n) is 12.5. The first-order valence-corrected chi connectivity index (χ1v) is 22.1. The van der Waals surface area contributed by atoms with Gasteiger partial charge >= 0.3 is 0 Å². The van der Waals surface area contributed by atoms with Crippen molar-refractivity contribution in [1.82, 2.24) is 4.57 Å². The Bertz CT molecular complexity index is 3990. The van der Waals surface area contributed by atoms with Crippen molar-refractivity contribution in [2.45, 2.75) is 0 Å². The number of hydrogen-bond donors (Lipinski definition) is 0. The quantitative estimate of drug-likeness (QED) is 0.178. The molecule has 0 N–H and O–H groups in total. The van der Waals surface area contributed by atoms with Gasteiger partial charge in [0.05, 0.1) is 37.2 Å². The van der Waals surface area contributed by atoms with Gasteiger partial charge in [0.2, 0.25) is 0 Å². The number of nitrogens with zero attached hydrogens (tertiary/aromatic N) is 3. The van der Waals surface area contributed by atoms with E-state index in [0.717, 1.165) is 86.6 Å². The second-order valence-electron chi connectivity index (χ2n) is 15.7. The van der Waals surface area contributed by atoms with Crippen LogP contribution < -0.4 is 0 Å². The lowest BCUT2D eigenvalue weighted by Crippen LogP contribution is -2.08. The Kier molecular flexibility index (Phi) is 7.44. The monoisotopic (exact) mass is 823 g/mol. The minimum absolute atomic E-state index is 0.436. The lowest BCUT2D eigenvalue weighted by atomic mass is 9.81. The largest absolute Gasteiger partial charge is 0.456 e. The second-order valence-corrected chi connectivity index (χ2v) is 17.8. The fraction of sp³-hybridized carbons (Fsp3) is 0. The molecule has 0 fully saturated rings. The van der Waals surface area contributed by atoms with Gasteiger partial charge < -0.3 is 8.98 Å². The first kappa shape index (κ1) is 34.8. The van der Waals surface area contributed by atoms with Crippen LogP contribution in [0.2, 0.25) is 0 Å². The summed E-state index contributed by atoms with van der Waals surface area (Å²) in [7, 11) is 0. The molecule has 6 heteroatoms. The molecule has 4 nitrogen and oxygen atoms in total. The van der Waals surface area contributed by atoms with E-state index in [4.69, 9.17) is 4.42 Å². The summed E-state index contributed by atoms with van der Waals surface area (Å²) in [6.07, 6.45) is 0. The molecule has 0 saturated heterocycles. The van der Waals surface area contributed by atoms with E-state index in [0.29, 0.717) is 16.7 Å². The molecule has 4 aromatic heterocycles. The van der Waals surface area contributed by atoms with Gasteiger partial charge in [0.15, 0.2) is 0 Å². The molecule has 0 saturated carbocycles. The molecule has 62 heavy (non-hydrogen) atoms. The van der Waals surface area contributed by atoms with Crippen molar-refractivity contribution in [3.63, 3.8) is 0 Å². The summed E-state index contributed by atoms with van der Waals surface area (Å²) >= 11 is 3.58. The predicted molar refractivity (Wildman–Crippen MR) is 260 cm³/mol. The summed E-state index contributed by atoms with van der Waals surface area (Å²) in [6.45, 7) is 0. The molecule has 286 valence electrons. The standard InChI is InChI=1S/C56H29N3OS2/c57-30-43-49(32-13-3-1-4-14-32)44(31-58)52(51(33-15-5-2-6-16-33)50(43)34-23-24-36-35-17-7-10-20-45(35)60-46(36)29-34)59-53-39(25-27-41-37-18-8-11-21-47(37)61-55(41)53)40-26-28-42-38-19-9-12-22-48(38)62-56(42)54(40)59/h1-29H. The van der Waals surface area contributed by atoms with Crippen LogP contribution in [0.4, 0.5) is 0 Å². The maximum Gasteiger partial charge on any atom is 0.136 e. The van der Waals surface area contributed by atoms with Crippen molar-refractivity contribution in [2.24, 2.45) is 0 Å². The topological polar surface area (TPSA) is 65.7 Å². The average Bonchev–Trinajstić information content (AvgIpc) is 4.09. The summed E-state index contributed by atoms with van der Waals surface area (Å²) in [5.41, 5.74) is 9.92. The van der Waals surface area contributed by atoms with Crippen molar-refractivity contribution < 1.29 is 4.42 Å². The van der Waals surface area contributed by atoms with Gasteiger partial charge in [-0.1, -0.05) is 146 Å². The number of fused-ring (bicyclic) bond motifs is 14.